The Labute approximate surface area is 143 Å². The van der Waals surface area contributed by atoms with Crippen LogP contribution in [0.4, 0.5) is 5.69 Å². The molecule has 22 heavy (non-hydrogen) atoms. The van der Waals surface area contributed by atoms with Crippen LogP contribution in [0.5, 0.6) is 0 Å². The van der Waals surface area contributed by atoms with E-state index in [2.05, 4.69) is 33.0 Å². The minimum absolute atomic E-state index is 0.0149. The second-order valence-corrected chi connectivity index (χ2v) is 6.56. The Bertz CT molecular complexity index is 667. The molecule has 0 radical (unpaired) electrons. The molecule has 3 rings (SSSR count). The van der Waals surface area contributed by atoms with Gasteiger partial charge < -0.3 is 9.80 Å². The smallest absolute Gasteiger partial charge is 0.255 e. The van der Waals surface area contributed by atoms with E-state index >= 15 is 0 Å². The number of carbonyl (C=O) groups is 1. The SMILES string of the molecule is O=C(c1ccccc1Cl)N1CCN(c2ccc(Br)cc2)CC1. The molecule has 0 bridgehead atoms. The van der Waals surface area contributed by atoms with Crippen LogP contribution in [0, 0.1) is 0 Å². The molecule has 1 aliphatic heterocycles. The molecule has 114 valence electrons. The van der Waals surface area contributed by atoms with Gasteiger partial charge in [0.15, 0.2) is 0 Å². The normalized spacial score (nSPS) is 15.0. The van der Waals surface area contributed by atoms with E-state index < -0.39 is 0 Å². The summed E-state index contributed by atoms with van der Waals surface area (Å²) in [6.45, 7) is 3.08. The zero-order valence-electron chi connectivity index (χ0n) is 12.0. The van der Waals surface area contributed by atoms with Crippen molar-refractivity contribution >= 4 is 39.1 Å². The number of amides is 1. The van der Waals surface area contributed by atoms with Crippen LogP contribution in [0.3, 0.4) is 0 Å². The molecule has 1 aliphatic rings. The van der Waals surface area contributed by atoms with E-state index in [1.165, 1.54) is 5.69 Å². The number of carbonyl (C=O) groups excluding carboxylic acids is 1. The van der Waals surface area contributed by atoms with Crippen molar-refractivity contribution in [1.29, 1.82) is 0 Å². The number of anilines is 1. The maximum atomic E-state index is 12.5. The summed E-state index contributed by atoms with van der Waals surface area (Å²) in [6.07, 6.45) is 0. The molecule has 0 saturated carbocycles. The fraction of sp³-hybridized carbons (Fsp3) is 0.235. The van der Waals surface area contributed by atoms with Gasteiger partial charge in [0.25, 0.3) is 5.91 Å². The van der Waals surface area contributed by atoms with Crippen molar-refractivity contribution in [2.45, 2.75) is 0 Å². The fourth-order valence-corrected chi connectivity index (χ4v) is 3.11. The van der Waals surface area contributed by atoms with Crippen LogP contribution in [0.25, 0.3) is 0 Å². The van der Waals surface area contributed by atoms with Gasteiger partial charge in [-0.2, -0.15) is 0 Å². The zero-order chi connectivity index (χ0) is 15.5. The third-order valence-electron chi connectivity index (χ3n) is 3.86. The highest BCUT2D eigenvalue weighted by molar-refractivity contribution is 9.10. The van der Waals surface area contributed by atoms with E-state index in [9.17, 15) is 4.79 Å². The van der Waals surface area contributed by atoms with Gasteiger partial charge in [0.2, 0.25) is 0 Å². The van der Waals surface area contributed by atoms with Gasteiger partial charge in [-0.25, -0.2) is 0 Å². The molecule has 2 aromatic carbocycles. The highest BCUT2D eigenvalue weighted by Crippen LogP contribution is 2.22. The molecular weight excluding hydrogens is 364 g/mol. The number of piperazine rings is 1. The van der Waals surface area contributed by atoms with Gasteiger partial charge in [0.05, 0.1) is 10.6 Å². The topological polar surface area (TPSA) is 23.6 Å². The van der Waals surface area contributed by atoms with Gasteiger partial charge in [-0.05, 0) is 36.4 Å². The van der Waals surface area contributed by atoms with E-state index in [1.807, 2.05) is 29.2 Å². The van der Waals surface area contributed by atoms with E-state index in [4.69, 9.17) is 11.6 Å². The fourth-order valence-electron chi connectivity index (χ4n) is 2.62. The predicted octanol–water partition coefficient (Wildman–Crippen LogP) is 4.06. The van der Waals surface area contributed by atoms with E-state index in [0.29, 0.717) is 23.7 Å². The minimum Gasteiger partial charge on any atom is -0.368 e. The first-order valence-electron chi connectivity index (χ1n) is 7.19. The van der Waals surface area contributed by atoms with E-state index in [1.54, 1.807) is 12.1 Å². The summed E-state index contributed by atoms with van der Waals surface area (Å²) >= 11 is 9.56. The lowest BCUT2D eigenvalue weighted by Gasteiger charge is -2.36. The monoisotopic (exact) mass is 378 g/mol. The zero-order valence-corrected chi connectivity index (χ0v) is 14.3. The molecule has 1 amide bonds. The molecule has 0 aliphatic carbocycles. The van der Waals surface area contributed by atoms with Crippen molar-refractivity contribution in [2.24, 2.45) is 0 Å². The molecule has 0 aromatic heterocycles. The first-order chi connectivity index (χ1) is 10.6. The van der Waals surface area contributed by atoms with Gasteiger partial charge in [-0.1, -0.05) is 39.7 Å². The van der Waals surface area contributed by atoms with Crippen molar-refractivity contribution in [3.8, 4) is 0 Å². The third-order valence-corrected chi connectivity index (χ3v) is 4.72. The van der Waals surface area contributed by atoms with Gasteiger partial charge in [-0.15, -0.1) is 0 Å². The summed E-state index contributed by atoms with van der Waals surface area (Å²) in [5.74, 6) is 0.0149. The second kappa shape index (κ2) is 6.71. The Morgan fingerprint density at radius 3 is 2.23 bits per heavy atom. The number of nitrogens with zero attached hydrogens (tertiary/aromatic N) is 2. The average Bonchev–Trinajstić information content (AvgIpc) is 2.56. The summed E-state index contributed by atoms with van der Waals surface area (Å²) < 4.78 is 1.07. The maximum Gasteiger partial charge on any atom is 0.255 e. The Morgan fingerprint density at radius 2 is 1.59 bits per heavy atom. The first kappa shape index (κ1) is 15.4. The van der Waals surface area contributed by atoms with Crippen LogP contribution in [0.2, 0.25) is 5.02 Å². The Morgan fingerprint density at radius 1 is 0.955 bits per heavy atom. The van der Waals surface area contributed by atoms with Gasteiger partial charge in [0, 0.05) is 36.3 Å². The predicted molar refractivity (Wildman–Crippen MR) is 93.7 cm³/mol. The quantitative estimate of drug-likeness (QED) is 0.785. The summed E-state index contributed by atoms with van der Waals surface area (Å²) in [5, 5.41) is 0.517. The van der Waals surface area contributed by atoms with Crippen LogP contribution in [0.15, 0.2) is 53.0 Å². The third kappa shape index (κ3) is 3.28. The molecule has 0 N–H and O–H groups in total. The molecule has 2 aromatic rings. The molecule has 5 heteroatoms. The maximum absolute atomic E-state index is 12.5. The summed E-state index contributed by atoms with van der Waals surface area (Å²) in [6, 6.07) is 15.5. The Hall–Kier alpha value is -1.52. The largest absolute Gasteiger partial charge is 0.368 e. The van der Waals surface area contributed by atoms with Gasteiger partial charge in [0.1, 0.15) is 0 Å². The minimum atomic E-state index is 0.0149. The molecule has 3 nitrogen and oxygen atoms in total. The van der Waals surface area contributed by atoms with Crippen molar-refractivity contribution in [3.05, 3.63) is 63.6 Å². The number of benzene rings is 2. The standard InChI is InChI=1S/C17H16BrClN2O/c18-13-5-7-14(8-6-13)20-9-11-21(12-10-20)17(22)15-3-1-2-4-16(15)19/h1-8H,9-12H2. The van der Waals surface area contributed by atoms with Crippen molar-refractivity contribution in [1.82, 2.24) is 4.90 Å². The van der Waals surface area contributed by atoms with Crippen LogP contribution in [-0.2, 0) is 0 Å². The van der Waals surface area contributed by atoms with Crippen molar-refractivity contribution < 1.29 is 4.79 Å². The number of hydrogen-bond donors (Lipinski definition) is 0. The van der Waals surface area contributed by atoms with Gasteiger partial charge >= 0.3 is 0 Å². The van der Waals surface area contributed by atoms with Crippen LogP contribution >= 0.6 is 27.5 Å². The summed E-state index contributed by atoms with van der Waals surface area (Å²) in [7, 11) is 0. The van der Waals surface area contributed by atoms with Crippen LogP contribution in [0.1, 0.15) is 10.4 Å². The Balaban J connectivity index is 1.65. The molecule has 1 heterocycles. The lowest BCUT2D eigenvalue weighted by Crippen LogP contribution is -2.48. The molecular formula is C17H16BrClN2O. The van der Waals surface area contributed by atoms with Crippen LogP contribution < -0.4 is 4.90 Å². The van der Waals surface area contributed by atoms with Crippen molar-refractivity contribution in [2.75, 3.05) is 31.1 Å². The first-order valence-corrected chi connectivity index (χ1v) is 8.36. The van der Waals surface area contributed by atoms with Crippen LogP contribution in [-0.4, -0.2) is 37.0 Å². The highest BCUT2D eigenvalue weighted by Gasteiger charge is 2.23. The number of hydrogen-bond acceptors (Lipinski definition) is 2. The number of rotatable bonds is 2. The molecule has 0 spiro atoms. The molecule has 1 fully saturated rings. The lowest BCUT2D eigenvalue weighted by atomic mass is 10.1. The Kier molecular flexibility index (Phi) is 4.69. The van der Waals surface area contributed by atoms with Crippen molar-refractivity contribution in [3.63, 3.8) is 0 Å². The van der Waals surface area contributed by atoms with E-state index in [0.717, 1.165) is 17.6 Å². The van der Waals surface area contributed by atoms with E-state index in [-0.39, 0.29) is 5.91 Å². The highest BCUT2D eigenvalue weighted by atomic mass is 79.9. The lowest BCUT2D eigenvalue weighted by molar-refractivity contribution is 0.0747. The summed E-state index contributed by atoms with van der Waals surface area (Å²) in [5.41, 5.74) is 1.77. The molecule has 0 atom stereocenters. The molecule has 0 unspecified atom stereocenters. The second-order valence-electron chi connectivity index (χ2n) is 5.24. The average molecular weight is 380 g/mol. The summed E-state index contributed by atoms with van der Waals surface area (Å²) in [4.78, 5) is 16.7. The number of halogens is 2. The molecule has 1 saturated heterocycles. The van der Waals surface area contributed by atoms with Gasteiger partial charge in [-0.3, -0.25) is 4.79 Å².